The van der Waals surface area contributed by atoms with Gasteiger partial charge in [0.2, 0.25) is 0 Å². The Morgan fingerprint density at radius 3 is 1.18 bits per heavy atom. The molecule has 2 rings (SSSR count). The molecule has 0 bridgehead atoms. The highest BCUT2D eigenvalue weighted by atomic mass is 16.5. The van der Waals surface area contributed by atoms with Crippen LogP contribution < -0.4 is 0 Å². The highest BCUT2D eigenvalue weighted by molar-refractivity contribution is 5.73. The first-order valence-corrected chi connectivity index (χ1v) is 12.3. The van der Waals surface area contributed by atoms with E-state index in [1.807, 2.05) is 52.0 Å². The maximum absolute atomic E-state index is 12.2. The van der Waals surface area contributed by atoms with Crippen LogP contribution in [0.3, 0.4) is 0 Å². The summed E-state index contributed by atoms with van der Waals surface area (Å²) in [6.45, 7) is 8.43. The van der Waals surface area contributed by atoms with Gasteiger partial charge in [-0.15, -0.1) is 0 Å². The van der Waals surface area contributed by atoms with Gasteiger partial charge in [0.25, 0.3) is 0 Å². The van der Waals surface area contributed by atoms with Crippen LogP contribution >= 0.6 is 0 Å². The molecule has 0 saturated heterocycles. The number of carbonyl (C=O) groups is 2. The van der Waals surface area contributed by atoms with E-state index in [1.165, 1.54) is 0 Å². The fourth-order valence-corrected chi connectivity index (χ4v) is 3.96. The van der Waals surface area contributed by atoms with E-state index < -0.39 is 0 Å². The van der Waals surface area contributed by atoms with E-state index in [2.05, 4.69) is 0 Å². The van der Waals surface area contributed by atoms with Crippen LogP contribution in [0.15, 0.2) is 24.3 Å². The highest BCUT2D eigenvalue weighted by Gasteiger charge is 2.13. The summed E-state index contributed by atoms with van der Waals surface area (Å²) >= 11 is 0. The molecule has 0 aliphatic rings. The number of hydrogen-bond donors (Lipinski definition) is 2. The molecule has 0 aliphatic heterocycles. The molecule has 6 nitrogen and oxygen atoms in total. The van der Waals surface area contributed by atoms with E-state index in [9.17, 15) is 19.8 Å². The average molecular weight is 471 g/mol. The molecule has 0 aliphatic carbocycles. The van der Waals surface area contributed by atoms with Crippen molar-refractivity contribution >= 4 is 11.9 Å². The van der Waals surface area contributed by atoms with Crippen LogP contribution in [0.4, 0.5) is 0 Å². The third-order valence-corrected chi connectivity index (χ3v) is 5.94. The molecular weight excluding hydrogens is 432 g/mol. The topological polar surface area (TPSA) is 93.1 Å². The molecule has 0 aromatic heterocycles. The fourth-order valence-electron chi connectivity index (χ4n) is 3.96. The van der Waals surface area contributed by atoms with Crippen LogP contribution in [0.2, 0.25) is 0 Å². The summed E-state index contributed by atoms with van der Waals surface area (Å²) in [7, 11) is 0. The average Bonchev–Trinajstić information content (AvgIpc) is 2.83. The summed E-state index contributed by atoms with van der Waals surface area (Å²) in [5, 5.41) is 20.4. The molecular formula is C28H38O6. The predicted octanol–water partition coefficient (Wildman–Crippen LogP) is 5.00. The third kappa shape index (κ3) is 7.79. The molecule has 6 heteroatoms. The molecule has 186 valence electrons. The van der Waals surface area contributed by atoms with Crippen LogP contribution in [0.5, 0.6) is 11.5 Å². The fraction of sp³-hybridized carbons (Fsp3) is 0.500. The highest BCUT2D eigenvalue weighted by Crippen LogP contribution is 2.27. The van der Waals surface area contributed by atoms with Crippen molar-refractivity contribution in [2.75, 3.05) is 13.2 Å². The van der Waals surface area contributed by atoms with Gasteiger partial charge in [-0.25, -0.2) is 0 Å². The van der Waals surface area contributed by atoms with Crippen LogP contribution in [0.25, 0.3) is 0 Å². The number of aromatic hydroxyl groups is 2. The molecule has 0 radical (unpaired) electrons. The minimum atomic E-state index is -0.308. The normalized spacial score (nSPS) is 10.8. The smallest absolute Gasteiger partial charge is 0.310 e. The van der Waals surface area contributed by atoms with E-state index in [1.54, 1.807) is 0 Å². The first-order valence-electron chi connectivity index (χ1n) is 12.3. The number of unbranched alkanes of at least 4 members (excludes halogenated alkanes) is 1. The maximum atomic E-state index is 12.2. The third-order valence-electron chi connectivity index (χ3n) is 5.94. The van der Waals surface area contributed by atoms with Crippen LogP contribution in [-0.4, -0.2) is 35.4 Å². The van der Waals surface area contributed by atoms with Gasteiger partial charge in [0, 0.05) is 0 Å². The number of hydrogen-bond acceptors (Lipinski definition) is 6. The Labute approximate surface area is 202 Å². The van der Waals surface area contributed by atoms with Crippen molar-refractivity contribution in [3.8, 4) is 11.5 Å². The molecule has 0 amide bonds. The lowest BCUT2D eigenvalue weighted by Gasteiger charge is -2.12. The number of aryl methyl sites for hydroxylation is 4. The van der Waals surface area contributed by atoms with Gasteiger partial charge in [-0.05, 0) is 71.9 Å². The van der Waals surface area contributed by atoms with Gasteiger partial charge in [0.1, 0.15) is 11.5 Å². The lowest BCUT2D eigenvalue weighted by molar-refractivity contribution is -0.145. The Hall–Kier alpha value is -3.02. The summed E-state index contributed by atoms with van der Waals surface area (Å²) in [5.74, 6) is 0.0209. The second kappa shape index (κ2) is 13.6. The number of phenolic OH excluding ortho intramolecular Hbond substituents is 2. The quantitative estimate of drug-likeness (QED) is 0.316. The zero-order valence-electron chi connectivity index (χ0n) is 20.9. The van der Waals surface area contributed by atoms with Gasteiger partial charge in [-0.2, -0.15) is 0 Å². The second-order valence-corrected chi connectivity index (χ2v) is 8.44. The summed E-state index contributed by atoms with van der Waals surface area (Å²) in [6.07, 6.45) is 4.35. The SMILES string of the molecule is CCc1cc(CC(=O)OCCCCOC(=O)Cc2cc(CC)c(O)c(CC)c2)cc(CC)c1O. The molecule has 2 N–H and O–H groups in total. The molecule has 0 heterocycles. The number of esters is 2. The van der Waals surface area contributed by atoms with Gasteiger partial charge in [-0.3, -0.25) is 9.59 Å². The van der Waals surface area contributed by atoms with E-state index in [0.717, 1.165) is 33.4 Å². The Morgan fingerprint density at radius 2 is 0.912 bits per heavy atom. The minimum absolute atomic E-state index is 0.168. The number of benzene rings is 2. The maximum Gasteiger partial charge on any atom is 0.310 e. The number of ether oxygens (including phenoxy) is 2. The zero-order valence-corrected chi connectivity index (χ0v) is 20.9. The van der Waals surface area contributed by atoms with Crippen molar-refractivity contribution < 1.29 is 29.3 Å². The molecule has 0 saturated carbocycles. The molecule has 0 fully saturated rings. The molecule has 0 spiro atoms. The summed E-state index contributed by atoms with van der Waals surface area (Å²) in [6, 6.07) is 7.43. The molecule has 0 atom stereocenters. The van der Waals surface area contributed by atoms with Gasteiger partial charge < -0.3 is 19.7 Å². The van der Waals surface area contributed by atoms with E-state index in [-0.39, 0.29) is 38.0 Å². The largest absolute Gasteiger partial charge is 0.507 e. The minimum Gasteiger partial charge on any atom is -0.507 e. The number of rotatable bonds is 13. The van der Waals surface area contributed by atoms with E-state index in [4.69, 9.17) is 9.47 Å². The van der Waals surface area contributed by atoms with Gasteiger partial charge in [0.15, 0.2) is 0 Å². The monoisotopic (exact) mass is 470 g/mol. The second-order valence-electron chi connectivity index (χ2n) is 8.44. The summed E-state index contributed by atoms with van der Waals surface area (Å²) in [5.41, 5.74) is 5.05. The Kier molecular flexibility index (Phi) is 10.9. The van der Waals surface area contributed by atoms with Crippen molar-refractivity contribution in [1.82, 2.24) is 0 Å². The number of phenols is 2. The Morgan fingerprint density at radius 1 is 0.618 bits per heavy atom. The van der Waals surface area contributed by atoms with Crippen molar-refractivity contribution in [2.24, 2.45) is 0 Å². The van der Waals surface area contributed by atoms with Crippen LogP contribution in [0.1, 0.15) is 73.9 Å². The van der Waals surface area contributed by atoms with Gasteiger partial charge >= 0.3 is 11.9 Å². The standard InChI is InChI=1S/C28H38O6/c1-5-21-13-19(14-22(6-2)27(21)31)17-25(29)33-11-9-10-12-34-26(30)18-20-15-23(7-3)28(32)24(8-4)16-20/h13-16,31-32H,5-12,17-18H2,1-4H3. The van der Waals surface area contributed by atoms with E-state index >= 15 is 0 Å². The summed E-state index contributed by atoms with van der Waals surface area (Å²) < 4.78 is 10.6. The molecule has 0 unspecified atom stereocenters. The van der Waals surface area contributed by atoms with Gasteiger partial charge in [0.05, 0.1) is 26.1 Å². The first-order chi connectivity index (χ1) is 16.3. The van der Waals surface area contributed by atoms with Crippen LogP contribution in [-0.2, 0) is 57.6 Å². The molecule has 2 aromatic carbocycles. The van der Waals surface area contributed by atoms with Gasteiger partial charge in [-0.1, -0.05) is 52.0 Å². The summed E-state index contributed by atoms with van der Waals surface area (Å²) in [4.78, 5) is 24.4. The first kappa shape index (κ1) is 27.2. The zero-order chi connectivity index (χ0) is 25.1. The molecule has 2 aromatic rings. The van der Waals surface area contributed by atoms with Crippen molar-refractivity contribution in [1.29, 1.82) is 0 Å². The Bertz CT molecular complexity index is 849. The number of carbonyl (C=O) groups excluding carboxylic acids is 2. The van der Waals surface area contributed by atoms with E-state index in [0.29, 0.717) is 50.0 Å². The lowest BCUT2D eigenvalue weighted by Crippen LogP contribution is -2.12. The van der Waals surface area contributed by atoms with Crippen molar-refractivity contribution in [3.63, 3.8) is 0 Å². The Balaban J connectivity index is 1.71. The van der Waals surface area contributed by atoms with Crippen molar-refractivity contribution in [3.05, 3.63) is 57.6 Å². The van der Waals surface area contributed by atoms with Crippen LogP contribution in [0, 0.1) is 0 Å². The van der Waals surface area contributed by atoms with Crippen molar-refractivity contribution in [2.45, 2.75) is 79.1 Å². The molecule has 34 heavy (non-hydrogen) atoms. The predicted molar refractivity (Wildman–Crippen MR) is 132 cm³/mol. The lowest BCUT2D eigenvalue weighted by atomic mass is 9.99.